The van der Waals surface area contributed by atoms with Crippen molar-refractivity contribution in [2.24, 2.45) is 5.73 Å². The highest BCUT2D eigenvalue weighted by Crippen LogP contribution is 2.23. The average Bonchev–Trinajstić information content (AvgIpc) is 2.57. The first-order valence-electron chi connectivity index (χ1n) is 6.67. The highest BCUT2D eigenvalue weighted by atomic mass is 16.5. The topological polar surface area (TPSA) is 78.1 Å². The summed E-state index contributed by atoms with van der Waals surface area (Å²) in [7, 11) is 0. The number of amides is 1. The lowest BCUT2D eigenvalue weighted by molar-refractivity contribution is 0.0999. The smallest absolute Gasteiger partial charge is 0.251 e. The monoisotopic (exact) mass is 291 g/mol. The van der Waals surface area contributed by atoms with Gasteiger partial charge < -0.3 is 10.5 Å². The zero-order chi connectivity index (χ0) is 15.4. The SMILES string of the molecule is NC(=O)c1cnc(-c2ccc(Oc3ccccc3)cc2)nc1. The number of ether oxygens (including phenoxy) is 1. The fraction of sp³-hybridized carbons (Fsp3) is 0. The van der Waals surface area contributed by atoms with Crippen molar-refractivity contribution >= 4 is 5.91 Å². The number of benzene rings is 2. The van der Waals surface area contributed by atoms with Crippen LogP contribution in [-0.2, 0) is 0 Å². The number of para-hydroxylation sites is 1. The van der Waals surface area contributed by atoms with Gasteiger partial charge >= 0.3 is 0 Å². The van der Waals surface area contributed by atoms with Crippen LogP contribution in [0.2, 0.25) is 0 Å². The van der Waals surface area contributed by atoms with E-state index in [1.807, 2.05) is 54.6 Å². The van der Waals surface area contributed by atoms with Crippen LogP contribution >= 0.6 is 0 Å². The number of primary amides is 1. The summed E-state index contributed by atoms with van der Waals surface area (Å²) >= 11 is 0. The number of carbonyl (C=O) groups excluding carboxylic acids is 1. The summed E-state index contributed by atoms with van der Waals surface area (Å²) in [6.45, 7) is 0. The molecule has 2 N–H and O–H groups in total. The normalized spacial score (nSPS) is 10.2. The number of hydrogen-bond donors (Lipinski definition) is 1. The number of nitrogens with zero attached hydrogens (tertiary/aromatic N) is 2. The summed E-state index contributed by atoms with van der Waals surface area (Å²) < 4.78 is 5.72. The van der Waals surface area contributed by atoms with E-state index in [2.05, 4.69) is 9.97 Å². The molecule has 3 rings (SSSR count). The summed E-state index contributed by atoms with van der Waals surface area (Å²) in [5.41, 5.74) is 6.28. The van der Waals surface area contributed by atoms with E-state index < -0.39 is 5.91 Å². The van der Waals surface area contributed by atoms with Crippen molar-refractivity contribution in [1.82, 2.24) is 9.97 Å². The predicted octanol–water partition coefficient (Wildman–Crippen LogP) is 3.03. The Morgan fingerprint density at radius 2 is 1.45 bits per heavy atom. The summed E-state index contributed by atoms with van der Waals surface area (Å²) in [5, 5.41) is 0. The Bertz CT molecular complexity index is 769. The van der Waals surface area contributed by atoms with E-state index in [9.17, 15) is 4.79 Å². The standard InChI is InChI=1S/C17H13N3O2/c18-16(21)13-10-19-17(20-11-13)12-6-8-15(9-7-12)22-14-4-2-1-3-5-14/h1-11H,(H2,18,21). The maximum absolute atomic E-state index is 11.0. The van der Waals surface area contributed by atoms with E-state index in [0.29, 0.717) is 5.82 Å². The molecule has 1 heterocycles. The first kappa shape index (κ1) is 13.8. The molecule has 3 aromatic rings. The molecule has 1 aromatic heterocycles. The fourth-order valence-corrected chi connectivity index (χ4v) is 1.90. The third kappa shape index (κ3) is 3.09. The van der Waals surface area contributed by atoms with E-state index in [-0.39, 0.29) is 5.56 Å². The lowest BCUT2D eigenvalue weighted by Crippen LogP contribution is -2.11. The molecule has 0 atom stereocenters. The molecule has 5 heteroatoms. The van der Waals surface area contributed by atoms with Gasteiger partial charge in [-0.05, 0) is 36.4 Å². The molecule has 0 spiro atoms. The summed E-state index contributed by atoms with van der Waals surface area (Å²) in [6, 6.07) is 16.9. The number of hydrogen-bond acceptors (Lipinski definition) is 4. The zero-order valence-electron chi connectivity index (χ0n) is 11.6. The van der Waals surface area contributed by atoms with Gasteiger partial charge in [-0.3, -0.25) is 4.79 Å². The Labute approximate surface area is 127 Å². The van der Waals surface area contributed by atoms with E-state index in [4.69, 9.17) is 10.5 Å². The zero-order valence-corrected chi connectivity index (χ0v) is 11.6. The molecule has 0 aliphatic carbocycles. The molecule has 108 valence electrons. The van der Waals surface area contributed by atoms with Crippen LogP contribution in [0.4, 0.5) is 0 Å². The molecule has 0 radical (unpaired) electrons. The second-order valence-corrected chi connectivity index (χ2v) is 4.60. The molecule has 1 amide bonds. The Morgan fingerprint density at radius 3 is 2.05 bits per heavy atom. The number of aromatic nitrogens is 2. The second kappa shape index (κ2) is 6.05. The van der Waals surface area contributed by atoms with Gasteiger partial charge in [0.2, 0.25) is 0 Å². The van der Waals surface area contributed by atoms with Gasteiger partial charge in [-0.15, -0.1) is 0 Å². The van der Waals surface area contributed by atoms with E-state index in [1.54, 1.807) is 0 Å². The van der Waals surface area contributed by atoms with Crippen molar-refractivity contribution in [2.45, 2.75) is 0 Å². The molecule has 22 heavy (non-hydrogen) atoms. The van der Waals surface area contributed by atoms with Gasteiger partial charge in [0.05, 0.1) is 5.56 Å². The maximum atomic E-state index is 11.0. The highest BCUT2D eigenvalue weighted by Gasteiger charge is 2.05. The molecule has 0 aliphatic rings. The second-order valence-electron chi connectivity index (χ2n) is 4.60. The molecule has 0 fully saturated rings. The Kier molecular flexibility index (Phi) is 3.78. The third-order valence-electron chi connectivity index (χ3n) is 3.03. The molecule has 5 nitrogen and oxygen atoms in total. The predicted molar refractivity (Wildman–Crippen MR) is 82.5 cm³/mol. The van der Waals surface area contributed by atoms with Crippen molar-refractivity contribution in [1.29, 1.82) is 0 Å². The highest BCUT2D eigenvalue weighted by molar-refractivity contribution is 5.92. The maximum Gasteiger partial charge on any atom is 0.251 e. The molecular formula is C17H13N3O2. The van der Waals surface area contributed by atoms with Crippen molar-refractivity contribution in [3.63, 3.8) is 0 Å². The molecular weight excluding hydrogens is 278 g/mol. The van der Waals surface area contributed by atoms with Gasteiger partial charge in [0, 0.05) is 18.0 Å². The minimum absolute atomic E-state index is 0.285. The van der Waals surface area contributed by atoms with E-state index in [0.717, 1.165) is 17.1 Å². The molecule has 0 saturated heterocycles. The van der Waals surface area contributed by atoms with Crippen molar-refractivity contribution in [2.75, 3.05) is 0 Å². The van der Waals surface area contributed by atoms with Crippen LogP contribution in [0.3, 0.4) is 0 Å². The number of nitrogens with two attached hydrogens (primary N) is 1. The van der Waals surface area contributed by atoms with Crippen molar-refractivity contribution in [3.8, 4) is 22.9 Å². The molecule has 0 bridgehead atoms. The van der Waals surface area contributed by atoms with Crippen LogP contribution in [0, 0.1) is 0 Å². The average molecular weight is 291 g/mol. The van der Waals surface area contributed by atoms with Gasteiger partial charge in [0.1, 0.15) is 11.5 Å². The lowest BCUT2D eigenvalue weighted by atomic mass is 10.2. The van der Waals surface area contributed by atoms with Crippen LogP contribution in [0.5, 0.6) is 11.5 Å². The van der Waals surface area contributed by atoms with Crippen molar-refractivity contribution in [3.05, 3.63) is 72.6 Å². The molecule has 0 aliphatic heterocycles. The first-order valence-corrected chi connectivity index (χ1v) is 6.67. The van der Waals surface area contributed by atoms with Gasteiger partial charge in [-0.1, -0.05) is 18.2 Å². The quantitative estimate of drug-likeness (QED) is 0.801. The van der Waals surface area contributed by atoms with Crippen LogP contribution in [0.1, 0.15) is 10.4 Å². The van der Waals surface area contributed by atoms with E-state index in [1.165, 1.54) is 12.4 Å². The summed E-state index contributed by atoms with van der Waals surface area (Å²) in [5.74, 6) is 1.48. The van der Waals surface area contributed by atoms with Gasteiger partial charge in [-0.2, -0.15) is 0 Å². The van der Waals surface area contributed by atoms with Crippen LogP contribution in [0.25, 0.3) is 11.4 Å². The first-order chi connectivity index (χ1) is 10.7. The summed E-state index contributed by atoms with van der Waals surface area (Å²) in [4.78, 5) is 19.3. The minimum Gasteiger partial charge on any atom is -0.457 e. The molecule has 0 saturated carbocycles. The summed E-state index contributed by atoms with van der Waals surface area (Å²) in [6.07, 6.45) is 2.83. The number of carbonyl (C=O) groups is 1. The number of rotatable bonds is 4. The minimum atomic E-state index is -0.543. The van der Waals surface area contributed by atoms with E-state index >= 15 is 0 Å². The van der Waals surface area contributed by atoms with Crippen LogP contribution < -0.4 is 10.5 Å². The largest absolute Gasteiger partial charge is 0.457 e. The Hall–Kier alpha value is -3.21. The molecule has 0 unspecified atom stereocenters. The van der Waals surface area contributed by atoms with Crippen molar-refractivity contribution < 1.29 is 9.53 Å². The van der Waals surface area contributed by atoms with Crippen LogP contribution in [-0.4, -0.2) is 15.9 Å². The lowest BCUT2D eigenvalue weighted by Gasteiger charge is -2.06. The Balaban J connectivity index is 1.77. The third-order valence-corrected chi connectivity index (χ3v) is 3.03. The fourth-order valence-electron chi connectivity index (χ4n) is 1.90. The van der Waals surface area contributed by atoms with Gasteiger partial charge in [-0.25, -0.2) is 9.97 Å². The van der Waals surface area contributed by atoms with Crippen LogP contribution in [0.15, 0.2) is 67.0 Å². The molecule has 2 aromatic carbocycles. The Morgan fingerprint density at radius 1 is 0.864 bits per heavy atom. The van der Waals surface area contributed by atoms with Gasteiger partial charge in [0.15, 0.2) is 5.82 Å². The van der Waals surface area contributed by atoms with Gasteiger partial charge in [0.25, 0.3) is 5.91 Å².